The van der Waals surface area contributed by atoms with Crippen molar-refractivity contribution in [2.24, 2.45) is 0 Å². The molecule has 0 N–H and O–H groups in total. The number of nitrogens with zero attached hydrogens (tertiary/aromatic N) is 3. The Hall–Kier alpha value is -1.43. The van der Waals surface area contributed by atoms with Crippen LogP contribution in [-0.4, -0.2) is 84.2 Å². The SMILES string of the molecule is CC(C)N1CCN([C@@H]2CCOC3(CCN(C(=O)CCCc4ccccc4)CC3)C2)CC1. The number of ether oxygens (including phenoxy) is 1. The second kappa shape index (κ2) is 10.5. The van der Waals surface area contributed by atoms with Crippen molar-refractivity contribution in [2.75, 3.05) is 45.9 Å². The predicted octanol–water partition coefficient (Wildman–Crippen LogP) is 3.58. The maximum Gasteiger partial charge on any atom is 0.222 e. The fourth-order valence-corrected chi connectivity index (χ4v) is 5.69. The largest absolute Gasteiger partial charge is 0.375 e. The van der Waals surface area contributed by atoms with Gasteiger partial charge in [-0.05, 0) is 57.9 Å². The Morgan fingerprint density at radius 3 is 2.45 bits per heavy atom. The normalized spacial score (nSPS) is 25.3. The molecule has 3 fully saturated rings. The Kier molecular flexibility index (Phi) is 7.68. The van der Waals surface area contributed by atoms with Crippen LogP contribution in [0.1, 0.15) is 57.9 Å². The first kappa shape index (κ1) is 22.8. The molecule has 1 spiro atoms. The van der Waals surface area contributed by atoms with Crippen LogP contribution >= 0.6 is 0 Å². The summed E-state index contributed by atoms with van der Waals surface area (Å²) >= 11 is 0. The summed E-state index contributed by atoms with van der Waals surface area (Å²) in [6.07, 6.45) is 6.88. The van der Waals surface area contributed by atoms with Gasteiger partial charge in [0.15, 0.2) is 0 Å². The van der Waals surface area contributed by atoms with Gasteiger partial charge in [-0.1, -0.05) is 30.3 Å². The van der Waals surface area contributed by atoms with Crippen molar-refractivity contribution in [1.29, 1.82) is 0 Å². The molecule has 0 saturated carbocycles. The summed E-state index contributed by atoms with van der Waals surface area (Å²) in [4.78, 5) is 20.1. The standard InChI is InChI=1S/C26H41N3O2/c1-22(2)27-16-18-28(19-17-27)24-11-20-31-26(21-24)12-14-29(15-13-26)25(30)10-6-9-23-7-4-3-5-8-23/h3-5,7-8,22,24H,6,9-21H2,1-2H3/t24-/m1/s1. The molecule has 1 aromatic carbocycles. The maximum atomic E-state index is 12.7. The zero-order valence-corrected chi connectivity index (χ0v) is 19.6. The number of aryl methyl sites for hydroxylation is 1. The predicted molar refractivity (Wildman–Crippen MR) is 125 cm³/mol. The van der Waals surface area contributed by atoms with Crippen LogP contribution in [0.25, 0.3) is 0 Å². The molecule has 0 unspecified atom stereocenters. The molecule has 3 aliphatic rings. The van der Waals surface area contributed by atoms with Crippen LogP contribution in [0.4, 0.5) is 0 Å². The minimum atomic E-state index is -0.00107. The first-order valence-corrected chi connectivity index (χ1v) is 12.5. The van der Waals surface area contributed by atoms with E-state index in [0.717, 1.165) is 58.2 Å². The zero-order chi connectivity index (χ0) is 21.7. The second-order valence-electron chi connectivity index (χ2n) is 10.1. The lowest BCUT2D eigenvalue weighted by Gasteiger charge is -2.50. The van der Waals surface area contributed by atoms with Gasteiger partial charge < -0.3 is 9.64 Å². The van der Waals surface area contributed by atoms with Crippen molar-refractivity contribution in [3.63, 3.8) is 0 Å². The van der Waals surface area contributed by atoms with Crippen LogP contribution < -0.4 is 0 Å². The molecule has 0 aromatic heterocycles. The van der Waals surface area contributed by atoms with Gasteiger partial charge in [-0.2, -0.15) is 0 Å². The summed E-state index contributed by atoms with van der Waals surface area (Å²) in [6.45, 7) is 11.9. The van der Waals surface area contributed by atoms with Gasteiger partial charge in [0, 0.05) is 64.4 Å². The van der Waals surface area contributed by atoms with E-state index in [4.69, 9.17) is 4.74 Å². The number of likely N-dealkylation sites (tertiary alicyclic amines) is 1. The molecule has 1 atom stereocenters. The van der Waals surface area contributed by atoms with Crippen LogP contribution in [0.3, 0.4) is 0 Å². The summed E-state index contributed by atoms with van der Waals surface area (Å²) < 4.78 is 6.38. The van der Waals surface area contributed by atoms with Gasteiger partial charge in [-0.15, -0.1) is 0 Å². The molecule has 5 heteroatoms. The van der Waals surface area contributed by atoms with Crippen LogP contribution in [0.5, 0.6) is 0 Å². The molecule has 0 radical (unpaired) electrons. The van der Waals surface area contributed by atoms with Crippen molar-refractivity contribution in [3.05, 3.63) is 35.9 Å². The smallest absolute Gasteiger partial charge is 0.222 e. The van der Waals surface area contributed by atoms with Gasteiger partial charge in [-0.3, -0.25) is 14.6 Å². The van der Waals surface area contributed by atoms with Crippen molar-refractivity contribution in [3.8, 4) is 0 Å². The highest BCUT2D eigenvalue weighted by molar-refractivity contribution is 5.76. The topological polar surface area (TPSA) is 36.0 Å². The highest BCUT2D eigenvalue weighted by Crippen LogP contribution is 2.37. The van der Waals surface area contributed by atoms with E-state index in [1.54, 1.807) is 0 Å². The van der Waals surface area contributed by atoms with Gasteiger partial charge in [-0.25, -0.2) is 0 Å². The van der Waals surface area contributed by atoms with Crippen LogP contribution in [0, 0.1) is 0 Å². The molecule has 3 aliphatic heterocycles. The number of carbonyl (C=O) groups excluding carboxylic acids is 1. The zero-order valence-electron chi connectivity index (χ0n) is 19.6. The Morgan fingerprint density at radius 2 is 1.77 bits per heavy atom. The van der Waals surface area contributed by atoms with Gasteiger partial charge in [0.25, 0.3) is 0 Å². The molecule has 0 bridgehead atoms. The third kappa shape index (κ3) is 5.88. The number of hydrogen-bond acceptors (Lipinski definition) is 4. The van der Waals surface area contributed by atoms with Gasteiger partial charge in [0.05, 0.1) is 5.60 Å². The number of amides is 1. The molecule has 1 aromatic rings. The van der Waals surface area contributed by atoms with Crippen molar-refractivity contribution in [2.45, 2.75) is 76.5 Å². The number of benzene rings is 1. The molecule has 3 saturated heterocycles. The molecule has 1 amide bonds. The average Bonchev–Trinajstić information content (AvgIpc) is 2.80. The molecule has 0 aliphatic carbocycles. The quantitative estimate of drug-likeness (QED) is 0.695. The van der Waals surface area contributed by atoms with E-state index in [-0.39, 0.29) is 5.60 Å². The number of piperidine rings is 1. The Labute approximate surface area is 188 Å². The summed E-state index contributed by atoms with van der Waals surface area (Å²) in [5, 5.41) is 0. The fourth-order valence-electron chi connectivity index (χ4n) is 5.69. The summed E-state index contributed by atoms with van der Waals surface area (Å²) in [5.74, 6) is 0.322. The maximum absolute atomic E-state index is 12.7. The lowest BCUT2D eigenvalue weighted by Crippen LogP contribution is -2.58. The summed E-state index contributed by atoms with van der Waals surface area (Å²) in [7, 11) is 0. The van der Waals surface area contributed by atoms with E-state index in [1.807, 2.05) is 6.07 Å². The molecule has 31 heavy (non-hydrogen) atoms. The number of piperazine rings is 1. The van der Waals surface area contributed by atoms with Gasteiger partial charge >= 0.3 is 0 Å². The highest BCUT2D eigenvalue weighted by atomic mass is 16.5. The van der Waals surface area contributed by atoms with E-state index < -0.39 is 0 Å². The van der Waals surface area contributed by atoms with Crippen LogP contribution in [-0.2, 0) is 16.0 Å². The Bertz CT molecular complexity index is 692. The average molecular weight is 428 g/mol. The minimum Gasteiger partial charge on any atom is -0.375 e. The Balaban J connectivity index is 1.21. The van der Waals surface area contributed by atoms with E-state index in [1.165, 1.54) is 31.7 Å². The monoisotopic (exact) mass is 427 g/mol. The van der Waals surface area contributed by atoms with E-state index >= 15 is 0 Å². The number of carbonyl (C=O) groups is 1. The number of hydrogen-bond donors (Lipinski definition) is 0. The van der Waals surface area contributed by atoms with Crippen molar-refractivity contribution < 1.29 is 9.53 Å². The third-order valence-electron chi connectivity index (χ3n) is 7.79. The molecule has 3 heterocycles. The molecular weight excluding hydrogens is 386 g/mol. The lowest BCUT2D eigenvalue weighted by atomic mass is 9.81. The molecule has 5 nitrogen and oxygen atoms in total. The third-order valence-corrected chi connectivity index (χ3v) is 7.79. The van der Waals surface area contributed by atoms with Gasteiger partial charge in [0.2, 0.25) is 5.91 Å². The fraction of sp³-hybridized carbons (Fsp3) is 0.731. The summed E-state index contributed by atoms with van der Waals surface area (Å²) in [5.41, 5.74) is 1.32. The lowest BCUT2D eigenvalue weighted by molar-refractivity contribution is -0.150. The number of rotatable bonds is 6. The van der Waals surface area contributed by atoms with Crippen molar-refractivity contribution in [1.82, 2.24) is 14.7 Å². The first-order valence-electron chi connectivity index (χ1n) is 12.5. The highest BCUT2D eigenvalue weighted by Gasteiger charge is 2.42. The van der Waals surface area contributed by atoms with Crippen LogP contribution in [0.2, 0.25) is 0 Å². The van der Waals surface area contributed by atoms with Crippen LogP contribution in [0.15, 0.2) is 30.3 Å². The van der Waals surface area contributed by atoms with E-state index in [2.05, 4.69) is 52.8 Å². The van der Waals surface area contributed by atoms with Gasteiger partial charge in [0.1, 0.15) is 0 Å². The summed E-state index contributed by atoms with van der Waals surface area (Å²) in [6, 6.07) is 11.8. The second-order valence-corrected chi connectivity index (χ2v) is 10.1. The molecular formula is C26H41N3O2. The Morgan fingerprint density at radius 1 is 1.06 bits per heavy atom. The van der Waals surface area contributed by atoms with E-state index in [0.29, 0.717) is 24.4 Å². The van der Waals surface area contributed by atoms with E-state index in [9.17, 15) is 4.79 Å². The first-order chi connectivity index (χ1) is 15.0. The minimum absolute atomic E-state index is 0.00107. The molecule has 4 rings (SSSR count). The van der Waals surface area contributed by atoms with Crippen molar-refractivity contribution >= 4 is 5.91 Å². The molecule has 172 valence electrons.